The van der Waals surface area contributed by atoms with E-state index in [4.69, 9.17) is 0 Å². The molecule has 1 saturated heterocycles. The zero-order valence-corrected chi connectivity index (χ0v) is 10.4. The first-order chi connectivity index (χ1) is 7.79. The van der Waals surface area contributed by atoms with E-state index in [9.17, 15) is 0 Å². The first-order valence-corrected chi connectivity index (χ1v) is 6.44. The fourth-order valence-corrected chi connectivity index (χ4v) is 2.54. The third kappa shape index (κ3) is 2.75. The van der Waals surface area contributed by atoms with Crippen LogP contribution in [0.15, 0.2) is 24.5 Å². The molecule has 88 valence electrons. The Bertz CT molecular complexity index is 310. The van der Waals surface area contributed by atoms with Gasteiger partial charge in [-0.3, -0.25) is 4.98 Å². The molecule has 0 bridgehead atoms. The minimum atomic E-state index is 0.874. The summed E-state index contributed by atoms with van der Waals surface area (Å²) in [5.41, 5.74) is 1.29. The first kappa shape index (κ1) is 11.4. The van der Waals surface area contributed by atoms with Crippen LogP contribution >= 0.6 is 0 Å². The fraction of sp³-hybridized carbons (Fsp3) is 0.643. The van der Waals surface area contributed by atoms with E-state index in [1.54, 1.807) is 0 Å². The largest absolute Gasteiger partial charge is 0.370 e. The van der Waals surface area contributed by atoms with Gasteiger partial charge in [-0.15, -0.1) is 0 Å². The number of nitrogens with zero attached hydrogens (tertiary/aromatic N) is 2. The third-order valence-corrected chi connectivity index (χ3v) is 3.73. The molecule has 0 saturated carbocycles. The monoisotopic (exact) mass is 218 g/mol. The Morgan fingerprint density at radius 1 is 1.56 bits per heavy atom. The van der Waals surface area contributed by atoms with Crippen LogP contribution in [-0.4, -0.2) is 18.1 Å². The van der Waals surface area contributed by atoms with Gasteiger partial charge in [-0.1, -0.05) is 20.3 Å². The molecule has 2 nitrogen and oxygen atoms in total. The number of rotatable bonds is 4. The van der Waals surface area contributed by atoms with Crippen molar-refractivity contribution in [3.8, 4) is 0 Å². The van der Waals surface area contributed by atoms with Crippen molar-refractivity contribution in [2.75, 3.05) is 18.0 Å². The molecular formula is C14H22N2. The summed E-state index contributed by atoms with van der Waals surface area (Å²) in [5.74, 6) is 1.76. The number of aromatic nitrogens is 1. The molecule has 2 unspecified atom stereocenters. The van der Waals surface area contributed by atoms with Crippen molar-refractivity contribution >= 4 is 5.69 Å². The second kappa shape index (κ2) is 5.33. The summed E-state index contributed by atoms with van der Waals surface area (Å²) in [6.07, 6.45) is 7.86. The Kier molecular flexibility index (Phi) is 3.81. The van der Waals surface area contributed by atoms with Crippen LogP contribution in [0.2, 0.25) is 0 Å². The smallest absolute Gasteiger partial charge is 0.0552 e. The second-order valence-electron chi connectivity index (χ2n) is 5.06. The lowest BCUT2D eigenvalue weighted by molar-refractivity contribution is 0.407. The van der Waals surface area contributed by atoms with E-state index in [1.807, 2.05) is 18.5 Å². The molecule has 2 heterocycles. The summed E-state index contributed by atoms with van der Waals surface area (Å²) in [6.45, 7) is 7.08. The van der Waals surface area contributed by atoms with Gasteiger partial charge in [-0.2, -0.15) is 0 Å². The maximum Gasteiger partial charge on any atom is 0.0552 e. The van der Waals surface area contributed by atoms with E-state index >= 15 is 0 Å². The van der Waals surface area contributed by atoms with Crippen molar-refractivity contribution in [1.82, 2.24) is 4.98 Å². The quantitative estimate of drug-likeness (QED) is 0.770. The standard InChI is InChI=1S/C14H22N2/c1-3-12(2)9-13-6-8-16(11-13)14-5-4-7-15-10-14/h4-5,7,10,12-13H,3,6,8-9,11H2,1-2H3. The van der Waals surface area contributed by atoms with Crippen molar-refractivity contribution < 1.29 is 0 Å². The van der Waals surface area contributed by atoms with Crippen LogP contribution < -0.4 is 4.90 Å². The van der Waals surface area contributed by atoms with Gasteiger partial charge in [-0.25, -0.2) is 0 Å². The topological polar surface area (TPSA) is 16.1 Å². The average Bonchev–Trinajstić information content (AvgIpc) is 2.78. The van der Waals surface area contributed by atoms with Gasteiger partial charge in [0, 0.05) is 19.3 Å². The number of pyridine rings is 1. The molecule has 0 spiro atoms. The van der Waals surface area contributed by atoms with Gasteiger partial charge in [0.15, 0.2) is 0 Å². The van der Waals surface area contributed by atoms with E-state index < -0.39 is 0 Å². The maximum atomic E-state index is 4.19. The lowest BCUT2D eigenvalue weighted by Gasteiger charge is -2.19. The highest BCUT2D eigenvalue weighted by Gasteiger charge is 2.23. The SMILES string of the molecule is CCC(C)CC1CCN(c2cccnc2)C1. The summed E-state index contributed by atoms with van der Waals surface area (Å²) in [7, 11) is 0. The zero-order chi connectivity index (χ0) is 11.4. The van der Waals surface area contributed by atoms with Gasteiger partial charge in [0.05, 0.1) is 11.9 Å². The normalized spacial score (nSPS) is 22.4. The van der Waals surface area contributed by atoms with Crippen molar-refractivity contribution in [2.45, 2.75) is 33.1 Å². The van der Waals surface area contributed by atoms with E-state index in [0.717, 1.165) is 11.8 Å². The predicted molar refractivity (Wildman–Crippen MR) is 68.6 cm³/mol. The Hall–Kier alpha value is -1.05. The number of hydrogen-bond donors (Lipinski definition) is 0. The second-order valence-corrected chi connectivity index (χ2v) is 5.06. The first-order valence-electron chi connectivity index (χ1n) is 6.44. The van der Waals surface area contributed by atoms with Gasteiger partial charge in [0.1, 0.15) is 0 Å². The van der Waals surface area contributed by atoms with Crippen LogP contribution in [0.4, 0.5) is 5.69 Å². The molecule has 0 aliphatic carbocycles. The maximum absolute atomic E-state index is 4.19. The van der Waals surface area contributed by atoms with Gasteiger partial charge in [-0.05, 0) is 36.8 Å². The summed E-state index contributed by atoms with van der Waals surface area (Å²) in [4.78, 5) is 6.66. The molecule has 0 radical (unpaired) electrons. The van der Waals surface area contributed by atoms with Gasteiger partial charge in [0.2, 0.25) is 0 Å². The zero-order valence-electron chi connectivity index (χ0n) is 10.4. The van der Waals surface area contributed by atoms with Crippen LogP contribution in [0.25, 0.3) is 0 Å². The molecule has 1 aromatic heterocycles. The van der Waals surface area contributed by atoms with E-state index in [-0.39, 0.29) is 0 Å². The third-order valence-electron chi connectivity index (χ3n) is 3.73. The fourth-order valence-electron chi connectivity index (χ4n) is 2.54. The van der Waals surface area contributed by atoms with Crippen LogP contribution in [0.3, 0.4) is 0 Å². The number of anilines is 1. The van der Waals surface area contributed by atoms with E-state index in [0.29, 0.717) is 0 Å². The highest BCUT2D eigenvalue weighted by molar-refractivity contribution is 5.44. The Balaban J connectivity index is 1.89. The van der Waals surface area contributed by atoms with Crippen LogP contribution in [0.5, 0.6) is 0 Å². The van der Waals surface area contributed by atoms with Crippen LogP contribution in [0, 0.1) is 11.8 Å². The molecule has 1 aromatic rings. The van der Waals surface area contributed by atoms with Gasteiger partial charge < -0.3 is 4.90 Å². The molecule has 1 fully saturated rings. The minimum absolute atomic E-state index is 0.874. The van der Waals surface area contributed by atoms with Crippen molar-refractivity contribution in [3.63, 3.8) is 0 Å². The summed E-state index contributed by atoms with van der Waals surface area (Å²) in [6, 6.07) is 4.19. The van der Waals surface area contributed by atoms with E-state index in [1.165, 1.54) is 38.0 Å². The molecule has 2 heteroatoms. The van der Waals surface area contributed by atoms with Gasteiger partial charge >= 0.3 is 0 Å². The van der Waals surface area contributed by atoms with E-state index in [2.05, 4.69) is 29.8 Å². The molecular weight excluding hydrogens is 196 g/mol. The molecule has 1 aliphatic heterocycles. The minimum Gasteiger partial charge on any atom is -0.370 e. The predicted octanol–water partition coefficient (Wildman–Crippen LogP) is 3.34. The highest BCUT2D eigenvalue weighted by Crippen LogP contribution is 2.27. The number of hydrogen-bond acceptors (Lipinski definition) is 2. The van der Waals surface area contributed by atoms with Crippen LogP contribution in [0.1, 0.15) is 33.1 Å². The molecule has 16 heavy (non-hydrogen) atoms. The Morgan fingerprint density at radius 2 is 2.44 bits per heavy atom. The lowest BCUT2D eigenvalue weighted by atomic mass is 9.93. The van der Waals surface area contributed by atoms with Crippen molar-refractivity contribution in [3.05, 3.63) is 24.5 Å². The summed E-state index contributed by atoms with van der Waals surface area (Å²) in [5, 5.41) is 0. The molecule has 0 amide bonds. The average molecular weight is 218 g/mol. The van der Waals surface area contributed by atoms with Gasteiger partial charge in [0.25, 0.3) is 0 Å². The molecule has 0 aromatic carbocycles. The lowest BCUT2D eigenvalue weighted by Crippen LogP contribution is -2.20. The highest BCUT2D eigenvalue weighted by atomic mass is 15.2. The van der Waals surface area contributed by atoms with Crippen LogP contribution in [-0.2, 0) is 0 Å². The Labute approximate surface area is 98.7 Å². The molecule has 2 atom stereocenters. The summed E-state index contributed by atoms with van der Waals surface area (Å²) >= 11 is 0. The Morgan fingerprint density at radius 3 is 3.12 bits per heavy atom. The summed E-state index contributed by atoms with van der Waals surface area (Å²) < 4.78 is 0. The molecule has 2 rings (SSSR count). The van der Waals surface area contributed by atoms with Crippen molar-refractivity contribution in [2.24, 2.45) is 11.8 Å². The molecule has 1 aliphatic rings. The van der Waals surface area contributed by atoms with Crippen molar-refractivity contribution in [1.29, 1.82) is 0 Å². The molecule has 0 N–H and O–H groups in total.